The van der Waals surface area contributed by atoms with Crippen LogP contribution in [-0.4, -0.2) is 28.4 Å². The van der Waals surface area contributed by atoms with Gasteiger partial charge >= 0.3 is 5.97 Å². The van der Waals surface area contributed by atoms with Crippen molar-refractivity contribution in [2.45, 2.75) is 25.3 Å². The van der Waals surface area contributed by atoms with Gasteiger partial charge in [0.1, 0.15) is 0 Å². The lowest BCUT2D eigenvalue weighted by atomic mass is 10.0. The second-order valence-corrected chi connectivity index (χ2v) is 5.39. The summed E-state index contributed by atoms with van der Waals surface area (Å²) in [7, 11) is 0. The van der Waals surface area contributed by atoms with E-state index in [1.54, 1.807) is 0 Å². The Balaban J connectivity index is 1.74. The van der Waals surface area contributed by atoms with Gasteiger partial charge in [-0.3, -0.25) is 9.59 Å². The topological polar surface area (TPSA) is 57.6 Å². The number of amides is 1. The number of hydrogen-bond acceptors (Lipinski definition) is 2. The van der Waals surface area contributed by atoms with E-state index in [2.05, 4.69) is 0 Å². The molecule has 1 amide bonds. The van der Waals surface area contributed by atoms with Crippen LogP contribution < -0.4 is 0 Å². The molecular weight excluding hydrogens is 242 g/mol. The zero-order valence-electron chi connectivity index (χ0n) is 10.7. The summed E-state index contributed by atoms with van der Waals surface area (Å²) in [6, 6.07) is 10.1. The van der Waals surface area contributed by atoms with Crippen LogP contribution in [0.4, 0.5) is 0 Å². The fourth-order valence-corrected chi connectivity index (χ4v) is 3.01. The van der Waals surface area contributed by atoms with Gasteiger partial charge in [-0.2, -0.15) is 0 Å². The van der Waals surface area contributed by atoms with Gasteiger partial charge in [0, 0.05) is 6.54 Å². The molecule has 0 radical (unpaired) electrons. The van der Waals surface area contributed by atoms with E-state index in [1.807, 2.05) is 35.2 Å². The molecule has 1 heterocycles. The lowest BCUT2D eigenvalue weighted by Gasteiger charge is -2.25. The Bertz CT molecular complexity index is 499. The van der Waals surface area contributed by atoms with Crippen LogP contribution in [-0.2, 0) is 9.59 Å². The van der Waals surface area contributed by atoms with Gasteiger partial charge in [0.15, 0.2) is 0 Å². The third-order valence-corrected chi connectivity index (χ3v) is 4.15. The summed E-state index contributed by atoms with van der Waals surface area (Å²) in [6.45, 7) is 0.751. The molecule has 1 aromatic carbocycles. The molecule has 1 aliphatic heterocycles. The number of carbonyl (C=O) groups excluding carboxylic acids is 1. The normalized spacial score (nSPS) is 29.3. The zero-order valence-corrected chi connectivity index (χ0v) is 10.7. The van der Waals surface area contributed by atoms with E-state index in [-0.39, 0.29) is 17.9 Å². The molecule has 1 unspecified atom stereocenters. The summed E-state index contributed by atoms with van der Waals surface area (Å²) in [5.41, 5.74) is 1.15. The van der Waals surface area contributed by atoms with Crippen LogP contribution in [0.25, 0.3) is 0 Å². The molecule has 4 nitrogen and oxygen atoms in total. The Morgan fingerprint density at radius 3 is 2.53 bits per heavy atom. The Kier molecular flexibility index (Phi) is 3.01. The quantitative estimate of drug-likeness (QED) is 0.904. The van der Waals surface area contributed by atoms with E-state index in [0.717, 1.165) is 24.9 Å². The van der Waals surface area contributed by atoms with Crippen LogP contribution in [0.5, 0.6) is 0 Å². The van der Waals surface area contributed by atoms with Crippen molar-refractivity contribution < 1.29 is 14.7 Å². The minimum atomic E-state index is -0.839. The lowest BCUT2D eigenvalue weighted by Crippen LogP contribution is -2.32. The van der Waals surface area contributed by atoms with Crippen molar-refractivity contribution in [3.63, 3.8) is 0 Å². The minimum absolute atomic E-state index is 0.0266. The third kappa shape index (κ3) is 2.23. The number of likely N-dealkylation sites (tertiary alicyclic amines) is 1. The summed E-state index contributed by atoms with van der Waals surface area (Å²) >= 11 is 0. The monoisotopic (exact) mass is 259 g/mol. The second kappa shape index (κ2) is 4.68. The van der Waals surface area contributed by atoms with Crippen LogP contribution in [0.15, 0.2) is 30.3 Å². The van der Waals surface area contributed by atoms with Crippen LogP contribution in [0.1, 0.15) is 30.9 Å². The molecule has 19 heavy (non-hydrogen) atoms. The fourth-order valence-electron chi connectivity index (χ4n) is 3.01. The highest BCUT2D eigenvalue weighted by molar-refractivity contribution is 5.89. The first kappa shape index (κ1) is 12.2. The van der Waals surface area contributed by atoms with Gasteiger partial charge in [-0.1, -0.05) is 30.3 Å². The summed E-state index contributed by atoms with van der Waals surface area (Å²) in [4.78, 5) is 25.1. The van der Waals surface area contributed by atoms with E-state index in [1.165, 1.54) is 0 Å². The summed E-state index contributed by atoms with van der Waals surface area (Å²) in [5.74, 6) is -1.56. The molecule has 1 aromatic rings. The number of carbonyl (C=O) groups is 2. The van der Waals surface area contributed by atoms with Crippen molar-refractivity contribution >= 4 is 11.9 Å². The molecule has 0 aromatic heterocycles. The molecular formula is C15H17NO3. The molecule has 0 bridgehead atoms. The van der Waals surface area contributed by atoms with Crippen LogP contribution >= 0.6 is 0 Å². The van der Waals surface area contributed by atoms with Crippen molar-refractivity contribution in [3.05, 3.63) is 35.9 Å². The third-order valence-electron chi connectivity index (χ3n) is 4.15. The molecule has 2 fully saturated rings. The highest BCUT2D eigenvalue weighted by Gasteiger charge is 2.51. The van der Waals surface area contributed by atoms with E-state index < -0.39 is 11.9 Å². The van der Waals surface area contributed by atoms with Crippen molar-refractivity contribution in [1.82, 2.24) is 4.90 Å². The maximum absolute atomic E-state index is 12.4. The average molecular weight is 259 g/mol. The van der Waals surface area contributed by atoms with E-state index in [0.29, 0.717) is 6.42 Å². The Labute approximate surface area is 112 Å². The maximum atomic E-state index is 12.4. The lowest BCUT2D eigenvalue weighted by molar-refractivity contribution is -0.142. The molecule has 3 rings (SSSR count). The van der Waals surface area contributed by atoms with Gasteiger partial charge < -0.3 is 10.0 Å². The summed E-state index contributed by atoms with van der Waals surface area (Å²) in [5, 5.41) is 8.93. The highest BCUT2D eigenvalue weighted by atomic mass is 16.4. The van der Waals surface area contributed by atoms with Crippen molar-refractivity contribution in [2.24, 2.45) is 11.8 Å². The molecule has 2 aliphatic rings. The van der Waals surface area contributed by atoms with Crippen LogP contribution in [0.2, 0.25) is 0 Å². The SMILES string of the molecule is O=C(O)[C@H]1C[C@H]1C(=O)N1CCCC1c1ccccc1. The Morgan fingerprint density at radius 2 is 1.89 bits per heavy atom. The van der Waals surface area contributed by atoms with E-state index in [9.17, 15) is 9.59 Å². The number of carboxylic acid groups (broad SMARTS) is 1. The number of aliphatic carboxylic acids is 1. The number of hydrogen-bond donors (Lipinski definition) is 1. The first-order valence-electron chi connectivity index (χ1n) is 6.76. The first-order chi connectivity index (χ1) is 9.18. The predicted molar refractivity (Wildman–Crippen MR) is 69.4 cm³/mol. The van der Waals surface area contributed by atoms with Crippen molar-refractivity contribution in [1.29, 1.82) is 0 Å². The van der Waals surface area contributed by atoms with Crippen molar-refractivity contribution in [3.8, 4) is 0 Å². The van der Waals surface area contributed by atoms with E-state index >= 15 is 0 Å². The summed E-state index contributed by atoms with van der Waals surface area (Å²) in [6.07, 6.45) is 2.47. The van der Waals surface area contributed by atoms with E-state index in [4.69, 9.17) is 5.11 Å². The Hall–Kier alpha value is -1.84. The predicted octanol–water partition coefficient (Wildman–Crippen LogP) is 2.07. The minimum Gasteiger partial charge on any atom is -0.481 e. The van der Waals surface area contributed by atoms with Gasteiger partial charge in [0.25, 0.3) is 0 Å². The van der Waals surface area contributed by atoms with Gasteiger partial charge in [-0.15, -0.1) is 0 Å². The second-order valence-electron chi connectivity index (χ2n) is 5.39. The molecule has 100 valence electrons. The van der Waals surface area contributed by atoms with Gasteiger partial charge in [0.2, 0.25) is 5.91 Å². The Morgan fingerprint density at radius 1 is 1.16 bits per heavy atom. The van der Waals surface area contributed by atoms with Gasteiger partial charge in [-0.25, -0.2) is 0 Å². The number of carboxylic acids is 1. The molecule has 1 aliphatic carbocycles. The van der Waals surface area contributed by atoms with Gasteiger partial charge in [0.05, 0.1) is 17.9 Å². The highest BCUT2D eigenvalue weighted by Crippen LogP contribution is 2.43. The number of benzene rings is 1. The van der Waals surface area contributed by atoms with Crippen LogP contribution in [0, 0.1) is 11.8 Å². The molecule has 1 saturated carbocycles. The fraction of sp³-hybridized carbons (Fsp3) is 0.467. The standard InChI is InChI=1S/C15H17NO3/c17-14(11-9-12(11)15(18)19)16-8-4-7-13(16)10-5-2-1-3-6-10/h1-3,5-6,11-13H,4,7-9H2,(H,18,19)/t11-,12+,13?/m1/s1. The largest absolute Gasteiger partial charge is 0.481 e. The maximum Gasteiger partial charge on any atom is 0.307 e. The number of nitrogens with zero attached hydrogens (tertiary/aromatic N) is 1. The first-order valence-corrected chi connectivity index (χ1v) is 6.76. The molecule has 1 saturated heterocycles. The van der Waals surface area contributed by atoms with Crippen LogP contribution in [0.3, 0.4) is 0 Å². The summed E-state index contributed by atoms with van der Waals surface area (Å²) < 4.78 is 0. The molecule has 0 spiro atoms. The zero-order chi connectivity index (χ0) is 13.4. The average Bonchev–Trinajstić information content (AvgIpc) is 3.08. The molecule has 3 atom stereocenters. The van der Waals surface area contributed by atoms with Crippen molar-refractivity contribution in [2.75, 3.05) is 6.54 Å². The smallest absolute Gasteiger partial charge is 0.307 e. The van der Waals surface area contributed by atoms with Gasteiger partial charge in [-0.05, 0) is 24.8 Å². The number of rotatable bonds is 3. The molecule has 4 heteroatoms. The molecule has 1 N–H and O–H groups in total.